The summed E-state index contributed by atoms with van der Waals surface area (Å²) in [5, 5.41) is 21.4. The summed E-state index contributed by atoms with van der Waals surface area (Å²) in [4.78, 5) is 25.9. The summed E-state index contributed by atoms with van der Waals surface area (Å²) in [6.45, 7) is 1.56. The molecule has 0 radical (unpaired) electrons. The maximum absolute atomic E-state index is 13.2. The summed E-state index contributed by atoms with van der Waals surface area (Å²) >= 11 is 13.5. The molecule has 0 fully saturated rings. The number of ether oxygens (including phenoxy) is 1. The van der Waals surface area contributed by atoms with E-state index in [2.05, 4.69) is 0 Å². The summed E-state index contributed by atoms with van der Waals surface area (Å²) in [6.07, 6.45) is 0. The van der Waals surface area contributed by atoms with Gasteiger partial charge in [0.15, 0.2) is 0 Å². The quantitative estimate of drug-likeness (QED) is 0.606. The van der Waals surface area contributed by atoms with E-state index in [1.165, 1.54) is 14.0 Å². The topological polar surface area (TPSA) is 92.3 Å². The second kappa shape index (κ2) is 7.94. The Morgan fingerprint density at radius 2 is 2.11 bits per heavy atom. The first-order valence-corrected chi connectivity index (χ1v) is 9.66. The van der Waals surface area contributed by atoms with Gasteiger partial charge < -0.3 is 9.84 Å². The zero-order valence-electron chi connectivity index (χ0n) is 14.9. The van der Waals surface area contributed by atoms with Gasteiger partial charge >= 0.3 is 0 Å². The molecule has 0 atom stereocenters. The molecule has 0 aliphatic carbocycles. The van der Waals surface area contributed by atoms with Crippen LogP contribution in [0, 0.1) is 18.3 Å². The molecule has 9 heteroatoms. The van der Waals surface area contributed by atoms with Crippen molar-refractivity contribution in [1.29, 1.82) is 5.26 Å². The van der Waals surface area contributed by atoms with Gasteiger partial charge in [0.1, 0.15) is 11.6 Å². The maximum Gasteiger partial charge on any atom is 0.271 e. The number of nitriles is 1. The number of nitrogens with zero attached hydrogens (tertiary/aromatic N) is 2. The van der Waals surface area contributed by atoms with Crippen molar-refractivity contribution in [1.82, 2.24) is 4.57 Å². The lowest BCUT2D eigenvalue weighted by molar-refractivity contribution is 0.103. The molecule has 3 rings (SSSR count). The summed E-state index contributed by atoms with van der Waals surface area (Å²) < 4.78 is 6.62. The lowest BCUT2D eigenvalue weighted by Gasteiger charge is -2.15. The van der Waals surface area contributed by atoms with Crippen molar-refractivity contribution in [3.63, 3.8) is 0 Å². The van der Waals surface area contributed by atoms with Gasteiger partial charge in [-0.3, -0.25) is 14.2 Å². The van der Waals surface area contributed by atoms with Crippen LogP contribution >= 0.6 is 34.5 Å². The number of methoxy groups -OCH3 is 1. The predicted molar refractivity (Wildman–Crippen MR) is 109 cm³/mol. The van der Waals surface area contributed by atoms with Crippen LogP contribution in [0.4, 0.5) is 0 Å². The van der Waals surface area contributed by atoms with Gasteiger partial charge in [-0.25, -0.2) is 0 Å². The summed E-state index contributed by atoms with van der Waals surface area (Å²) in [7, 11) is 1.44. The van der Waals surface area contributed by atoms with E-state index in [1.54, 1.807) is 18.2 Å². The zero-order valence-corrected chi connectivity index (χ0v) is 17.2. The van der Waals surface area contributed by atoms with Crippen LogP contribution in [0.3, 0.4) is 0 Å². The highest BCUT2D eigenvalue weighted by atomic mass is 35.5. The lowest BCUT2D eigenvalue weighted by atomic mass is 10.0. The summed E-state index contributed by atoms with van der Waals surface area (Å²) in [6, 6.07) is 6.88. The third-order valence-electron chi connectivity index (χ3n) is 4.34. The first-order chi connectivity index (χ1) is 13.3. The molecule has 0 bridgehead atoms. The van der Waals surface area contributed by atoms with Crippen LogP contribution in [-0.2, 0) is 11.3 Å². The molecule has 28 heavy (non-hydrogen) atoms. The highest BCUT2D eigenvalue weighted by Gasteiger charge is 2.28. The minimum Gasteiger partial charge on any atom is -0.494 e. The molecule has 0 amide bonds. The minimum atomic E-state index is -0.680. The van der Waals surface area contributed by atoms with Gasteiger partial charge in [-0.15, -0.1) is 11.3 Å². The number of fused-ring (bicyclic) bond motifs is 1. The molecule has 144 valence electrons. The van der Waals surface area contributed by atoms with Crippen LogP contribution < -0.4 is 5.56 Å². The normalized spacial score (nSPS) is 11.0. The highest BCUT2D eigenvalue weighted by Crippen LogP contribution is 2.39. The van der Waals surface area contributed by atoms with E-state index >= 15 is 0 Å². The molecule has 0 saturated heterocycles. The van der Waals surface area contributed by atoms with Crippen LogP contribution in [0.15, 0.2) is 23.0 Å². The predicted octanol–water partition coefficient (Wildman–Crippen LogP) is 4.13. The van der Waals surface area contributed by atoms with E-state index in [0.717, 1.165) is 15.9 Å². The summed E-state index contributed by atoms with van der Waals surface area (Å²) in [5.74, 6) is -1.09. The molecule has 0 aliphatic heterocycles. The number of ketones is 1. The molecule has 0 unspecified atom stereocenters. The SMILES string of the molecule is COCCn1c(O)c(C(=O)c2sc3cc(Cl)ccc3c2Cl)c(C)c(C#N)c1=O. The average Bonchev–Trinajstić information content (AvgIpc) is 2.97. The largest absolute Gasteiger partial charge is 0.494 e. The number of carbonyl (C=O) groups excluding carboxylic acids is 1. The molecule has 0 aliphatic rings. The second-order valence-corrected chi connectivity index (χ2v) is 7.84. The van der Waals surface area contributed by atoms with Crippen molar-refractivity contribution in [2.24, 2.45) is 0 Å². The van der Waals surface area contributed by atoms with E-state index in [4.69, 9.17) is 27.9 Å². The summed E-state index contributed by atoms with van der Waals surface area (Å²) in [5.41, 5.74) is -0.917. The Morgan fingerprint density at radius 3 is 2.75 bits per heavy atom. The lowest BCUT2D eigenvalue weighted by Crippen LogP contribution is -2.28. The van der Waals surface area contributed by atoms with Crippen LogP contribution in [0.5, 0.6) is 5.88 Å². The number of rotatable bonds is 5. The Labute approximate surface area is 174 Å². The van der Waals surface area contributed by atoms with Crippen molar-refractivity contribution in [2.45, 2.75) is 13.5 Å². The Morgan fingerprint density at radius 1 is 1.39 bits per heavy atom. The van der Waals surface area contributed by atoms with Gasteiger partial charge in [0, 0.05) is 22.2 Å². The van der Waals surface area contributed by atoms with Crippen LogP contribution in [0.25, 0.3) is 10.1 Å². The van der Waals surface area contributed by atoms with Crippen LogP contribution in [-0.4, -0.2) is 29.2 Å². The number of carbonyl (C=O) groups is 1. The zero-order chi connectivity index (χ0) is 20.6. The van der Waals surface area contributed by atoms with Gasteiger partial charge in [0.2, 0.25) is 11.7 Å². The fraction of sp³-hybridized carbons (Fsp3) is 0.211. The molecule has 3 aromatic rings. The Bertz CT molecular complexity index is 1210. The minimum absolute atomic E-state index is 0.00778. The third-order valence-corrected chi connectivity index (χ3v) is 6.23. The third kappa shape index (κ3) is 3.29. The average molecular weight is 437 g/mol. The van der Waals surface area contributed by atoms with Gasteiger partial charge in [-0.2, -0.15) is 5.26 Å². The Hall–Kier alpha value is -2.37. The van der Waals surface area contributed by atoms with E-state index in [-0.39, 0.29) is 39.7 Å². The van der Waals surface area contributed by atoms with Crippen LogP contribution in [0.2, 0.25) is 10.0 Å². The molecule has 0 spiro atoms. The molecule has 2 heterocycles. The van der Waals surface area contributed by atoms with Gasteiger partial charge in [-0.05, 0) is 24.6 Å². The van der Waals surface area contributed by atoms with Crippen molar-refractivity contribution in [2.75, 3.05) is 13.7 Å². The van der Waals surface area contributed by atoms with Crippen molar-refractivity contribution in [3.05, 3.63) is 60.2 Å². The molecular weight excluding hydrogens is 423 g/mol. The first kappa shape index (κ1) is 20.4. The number of hydrogen-bond acceptors (Lipinski definition) is 6. The van der Waals surface area contributed by atoms with E-state index in [0.29, 0.717) is 15.1 Å². The van der Waals surface area contributed by atoms with E-state index < -0.39 is 17.2 Å². The number of benzene rings is 1. The molecular formula is C19H14Cl2N2O4S. The number of aromatic nitrogens is 1. The molecule has 0 saturated carbocycles. The number of hydrogen-bond donors (Lipinski definition) is 1. The molecule has 1 N–H and O–H groups in total. The molecule has 2 aromatic heterocycles. The van der Waals surface area contributed by atoms with E-state index in [1.807, 2.05) is 6.07 Å². The number of halogens is 2. The molecule has 6 nitrogen and oxygen atoms in total. The smallest absolute Gasteiger partial charge is 0.271 e. The number of thiophene rings is 1. The van der Waals surface area contributed by atoms with Gasteiger partial charge in [-0.1, -0.05) is 29.3 Å². The van der Waals surface area contributed by atoms with E-state index in [9.17, 15) is 20.0 Å². The number of pyridine rings is 1. The number of aromatic hydroxyl groups is 1. The van der Waals surface area contributed by atoms with Crippen LogP contribution in [0.1, 0.15) is 26.4 Å². The first-order valence-electron chi connectivity index (χ1n) is 8.09. The van der Waals surface area contributed by atoms with Crippen molar-refractivity contribution < 1.29 is 14.6 Å². The second-order valence-electron chi connectivity index (χ2n) is 5.97. The Balaban J connectivity index is 2.26. The highest BCUT2D eigenvalue weighted by molar-refractivity contribution is 7.21. The maximum atomic E-state index is 13.2. The fourth-order valence-corrected chi connectivity index (χ4v) is 4.65. The Kier molecular flexibility index (Phi) is 5.77. The monoisotopic (exact) mass is 436 g/mol. The standard InChI is InChI=1S/C19H14Cl2N2O4S/c1-9-12(8-22)18(25)23(5-6-27-2)19(26)14(9)16(24)17-15(21)11-4-3-10(20)7-13(11)28-17/h3-4,7,26H,5-6H2,1-2H3. The fourth-order valence-electron chi connectivity index (χ4n) is 2.91. The van der Waals surface area contributed by atoms with Gasteiger partial charge in [0.25, 0.3) is 5.56 Å². The van der Waals surface area contributed by atoms with Gasteiger partial charge in [0.05, 0.1) is 28.6 Å². The van der Waals surface area contributed by atoms with Crippen molar-refractivity contribution in [3.8, 4) is 11.9 Å². The van der Waals surface area contributed by atoms with Crippen molar-refractivity contribution >= 4 is 50.4 Å². The molecule has 1 aromatic carbocycles.